The second-order valence-corrected chi connectivity index (χ2v) is 10.9. The quantitative estimate of drug-likeness (QED) is 0.123. The first kappa shape index (κ1) is 45.8. The number of aromatic nitrogens is 4. The van der Waals surface area contributed by atoms with Crippen molar-refractivity contribution in [3.8, 4) is 11.5 Å². The molecule has 0 saturated heterocycles. The number of nitrogens with zero attached hydrogens (tertiary/aromatic N) is 4. The Morgan fingerprint density at radius 1 is 0.531 bits per heavy atom. The molecule has 4 heterocycles. The fraction of sp³-hybridized carbons (Fsp3) is 0.412. The number of nitrogens with one attached hydrogen (secondary N) is 4. The molecule has 6 N–H and O–H groups in total. The zero-order valence-electron chi connectivity index (χ0n) is 27.5. The number of aryl methyl sites for hydroxylation is 2. The lowest BCUT2D eigenvalue weighted by molar-refractivity contribution is 0.170. The van der Waals surface area contributed by atoms with Crippen LogP contribution in [0.1, 0.15) is 36.8 Å². The van der Waals surface area contributed by atoms with E-state index in [0.29, 0.717) is 11.9 Å². The van der Waals surface area contributed by atoms with Crippen molar-refractivity contribution < 1.29 is 14.9 Å². The van der Waals surface area contributed by atoms with E-state index in [-0.39, 0.29) is 67.3 Å². The van der Waals surface area contributed by atoms with E-state index >= 15 is 0 Å². The largest absolute Gasteiger partial charge is 0.489 e. The van der Waals surface area contributed by atoms with Gasteiger partial charge in [0.2, 0.25) is 11.9 Å². The SMILES string of the molecule is Cl.Cl.Cl.Cl.O.c1cnc(NCCCNCC2CCc3ccccc3O2)nc1.c1cnc(NCCCNCC2CCc3ccccc3O2)nc1. The Bertz CT molecular complexity index is 1280. The molecule has 0 fully saturated rings. The van der Waals surface area contributed by atoms with Crippen molar-refractivity contribution in [2.24, 2.45) is 0 Å². The van der Waals surface area contributed by atoms with E-state index in [4.69, 9.17) is 9.47 Å². The van der Waals surface area contributed by atoms with Crippen LogP contribution in [0.2, 0.25) is 0 Å². The highest BCUT2D eigenvalue weighted by Crippen LogP contribution is 2.27. The van der Waals surface area contributed by atoms with Gasteiger partial charge in [-0.1, -0.05) is 36.4 Å². The summed E-state index contributed by atoms with van der Waals surface area (Å²) in [6.07, 6.45) is 14.0. The molecular formula is C34H50Cl4N8O3. The molecule has 2 atom stereocenters. The molecule has 0 saturated carbocycles. The monoisotopic (exact) mass is 758 g/mol. The van der Waals surface area contributed by atoms with Crippen molar-refractivity contribution in [3.05, 3.63) is 96.6 Å². The van der Waals surface area contributed by atoms with Crippen LogP contribution in [-0.2, 0) is 12.8 Å². The molecule has 49 heavy (non-hydrogen) atoms. The van der Waals surface area contributed by atoms with Crippen LogP contribution in [0.5, 0.6) is 11.5 Å². The number of benzene rings is 2. The molecule has 4 aromatic rings. The smallest absolute Gasteiger partial charge is 0.222 e. The highest BCUT2D eigenvalue weighted by atomic mass is 35.5. The van der Waals surface area contributed by atoms with E-state index in [1.807, 2.05) is 24.3 Å². The Kier molecular flexibility index (Phi) is 25.0. The molecule has 11 nitrogen and oxygen atoms in total. The van der Waals surface area contributed by atoms with Crippen LogP contribution in [0.25, 0.3) is 0 Å². The van der Waals surface area contributed by atoms with Crippen molar-refractivity contribution in [1.82, 2.24) is 30.6 Å². The fourth-order valence-electron chi connectivity index (χ4n) is 5.18. The molecule has 2 aromatic carbocycles. The van der Waals surface area contributed by atoms with Crippen LogP contribution in [0.3, 0.4) is 0 Å². The van der Waals surface area contributed by atoms with Gasteiger partial charge in [-0.3, -0.25) is 0 Å². The Hall–Kier alpha value is -3.16. The summed E-state index contributed by atoms with van der Waals surface area (Å²) < 4.78 is 12.0. The third-order valence-electron chi connectivity index (χ3n) is 7.51. The Morgan fingerprint density at radius 3 is 1.33 bits per heavy atom. The second kappa shape index (κ2) is 26.7. The molecule has 0 bridgehead atoms. The molecular weight excluding hydrogens is 710 g/mol. The Morgan fingerprint density at radius 2 is 0.918 bits per heavy atom. The summed E-state index contributed by atoms with van der Waals surface area (Å²) in [6.45, 7) is 5.45. The van der Waals surface area contributed by atoms with Gasteiger partial charge in [-0.2, -0.15) is 0 Å². The summed E-state index contributed by atoms with van der Waals surface area (Å²) in [6, 6.07) is 20.3. The van der Waals surface area contributed by atoms with Gasteiger partial charge in [0.15, 0.2) is 0 Å². The maximum atomic E-state index is 6.01. The highest BCUT2D eigenvalue weighted by molar-refractivity contribution is 5.86. The minimum atomic E-state index is 0. The molecule has 6 rings (SSSR count). The first-order valence-electron chi connectivity index (χ1n) is 15.8. The normalized spacial score (nSPS) is 14.9. The summed E-state index contributed by atoms with van der Waals surface area (Å²) in [5.74, 6) is 3.47. The third-order valence-corrected chi connectivity index (χ3v) is 7.51. The van der Waals surface area contributed by atoms with Crippen molar-refractivity contribution in [1.29, 1.82) is 0 Å². The van der Waals surface area contributed by atoms with Crippen molar-refractivity contribution in [3.63, 3.8) is 0 Å². The molecule has 2 aromatic heterocycles. The van der Waals surface area contributed by atoms with Gasteiger partial charge in [-0.25, -0.2) is 19.9 Å². The van der Waals surface area contributed by atoms with Crippen LogP contribution in [0.15, 0.2) is 85.5 Å². The zero-order valence-corrected chi connectivity index (χ0v) is 30.7. The van der Waals surface area contributed by atoms with E-state index in [0.717, 1.165) is 89.3 Å². The minimum Gasteiger partial charge on any atom is -0.489 e. The number of rotatable bonds is 14. The predicted molar refractivity (Wildman–Crippen MR) is 207 cm³/mol. The summed E-state index contributed by atoms with van der Waals surface area (Å²) in [4.78, 5) is 16.5. The first-order valence-corrected chi connectivity index (χ1v) is 15.8. The van der Waals surface area contributed by atoms with Gasteiger partial charge in [-0.15, -0.1) is 49.6 Å². The van der Waals surface area contributed by atoms with Gasteiger partial charge in [0, 0.05) is 51.0 Å². The van der Waals surface area contributed by atoms with Gasteiger partial charge in [0.1, 0.15) is 23.7 Å². The molecule has 0 spiro atoms. The number of anilines is 2. The van der Waals surface area contributed by atoms with Crippen molar-refractivity contribution in [2.45, 2.75) is 50.7 Å². The first-order chi connectivity index (χ1) is 21.8. The molecule has 0 aliphatic carbocycles. The third kappa shape index (κ3) is 16.4. The molecule has 2 unspecified atom stereocenters. The number of para-hydroxylation sites is 2. The van der Waals surface area contributed by atoms with E-state index in [9.17, 15) is 0 Å². The zero-order chi connectivity index (χ0) is 30.1. The van der Waals surface area contributed by atoms with Crippen LogP contribution in [0, 0.1) is 0 Å². The Balaban J connectivity index is 0.000000853. The van der Waals surface area contributed by atoms with Crippen molar-refractivity contribution in [2.75, 3.05) is 49.9 Å². The minimum absolute atomic E-state index is 0. The number of ether oxygens (including phenoxy) is 2. The maximum Gasteiger partial charge on any atom is 0.222 e. The number of hydrogen-bond donors (Lipinski definition) is 4. The number of hydrogen-bond acceptors (Lipinski definition) is 10. The second-order valence-electron chi connectivity index (χ2n) is 10.9. The average Bonchev–Trinajstić information content (AvgIpc) is 3.09. The molecule has 0 radical (unpaired) electrons. The van der Waals surface area contributed by atoms with Crippen molar-refractivity contribution >= 4 is 61.5 Å². The lowest BCUT2D eigenvalue weighted by Crippen LogP contribution is -2.35. The summed E-state index contributed by atoms with van der Waals surface area (Å²) in [5, 5.41) is 13.3. The maximum absolute atomic E-state index is 6.01. The number of halogens is 4. The van der Waals surface area contributed by atoms with Crippen LogP contribution < -0.4 is 30.7 Å². The highest BCUT2D eigenvalue weighted by Gasteiger charge is 2.19. The van der Waals surface area contributed by atoms with Crippen LogP contribution >= 0.6 is 49.6 Å². The van der Waals surface area contributed by atoms with E-state index in [2.05, 4.69) is 77.6 Å². The fourth-order valence-corrected chi connectivity index (χ4v) is 5.18. The standard InChI is InChI=1S/2C17H22N4O.4ClH.H2O/c2*1-2-6-16-14(5-1)7-8-15(22-16)13-18-9-3-10-19-17-20-11-4-12-21-17;;;;;/h2*1-2,4-6,11-12,15,18H,3,7-10,13H2,(H,19,20,21);4*1H;1H2. The summed E-state index contributed by atoms with van der Waals surface area (Å²) in [7, 11) is 0. The summed E-state index contributed by atoms with van der Waals surface area (Å²) in [5.41, 5.74) is 2.65. The van der Waals surface area contributed by atoms with Crippen LogP contribution in [0.4, 0.5) is 11.9 Å². The lowest BCUT2D eigenvalue weighted by atomic mass is 10.0. The van der Waals surface area contributed by atoms with E-state index < -0.39 is 0 Å². The van der Waals surface area contributed by atoms with Gasteiger partial charge in [-0.05, 0) is 87.0 Å². The van der Waals surface area contributed by atoms with Gasteiger partial charge < -0.3 is 36.2 Å². The topological polar surface area (TPSA) is 150 Å². The molecule has 2 aliphatic heterocycles. The van der Waals surface area contributed by atoms with E-state index in [1.165, 1.54) is 11.1 Å². The molecule has 272 valence electrons. The van der Waals surface area contributed by atoms with Crippen LogP contribution in [-0.4, -0.2) is 76.9 Å². The predicted octanol–water partition coefficient (Wildman–Crippen LogP) is 5.39. The number of fused-ring (bicyclic) bond motifs is 2. The van der Waals surface area contributed by atoms with E-state index in [1.54, 1.807) is 24.8 Å². The Labute approximate surface area is 314 Å². The molecule has 15 heteroatoms. The molecule has 2 aliphatic rings. The molecule has 0 amide bonds. The summed E-state index contributed by atoms with van der Waals surface area (Å²) >= 11 is 0. The average molecular weight is 761 g/mol. The van der Waals surface area contributed by atoms with Gasteiger partial charge in [0.05, 0.1) is 0 Å². The lowest BCUT2D eigenvalue weighted by Gasteiger charge is -2.26. The van der Waals surface area contributed by atoms with Gasteiger partial charge in [0.25, 0.3) is 0 Å². The van der Waals surface area contributed by atoms with Gasteiger partial charge >= 0.3 is 0 Å².